The number of ether oxygens (including phenoxy) is 2. The van der Waals surface area contributed by atoms with Crippen LogP contribution in [-0.2, 0) is 10.0 Å². The van der Waals surface area contributed by atoms with Crippen LogP contribution in [0.25, 0.3) is 21.6 Å². The van der Waals surface area contributed by atoms with Gasteiger partial charge in [-0.25, -0.2) is 27.9 Å². The van der Waals surface area contributed by atoms with Crippen molar-refractivity contribution in [2.75, 3.05) is 14.2 Å². The van der Waals surface area contributed by atoms with Crippen molar-refractivity contribution in [2.45, 2.75) is 68.8 Å². The third-order valence-corrected chi connectivity index (χ3v) is 9.31. The van der Waals surface area contributed by atoms with Crippen molar-refractivity contribution in [2.24, 2.45) is 0 Å². The number of sulfonamides is 1. The molecule has 1 saturated carbocycles. The first-order chi connectivity index (χ1) is 18.4. The Morgan fingerprint density at radius 3 is 2.38 bits per heavy atom. The number of aromatic nitrogens is 3. The van der Waals surface area contributed by atoms with Gasteiger partial charge in [-0.2, -0.15) is 4.98 Å². The summed E-state index contributed by atoms with van der Waals surface area (Å²) in [7, 11) is -1.01. The topological polar surface area (TPSA) is 153 Å². The Balaban J connectivity index is 1.72. The smallest absolute Gasteiger partial charge is 0.404 e. The molecule has 0 radical (unpaired) electrons. The molecule has 3 N–H and O–H groups in total. The standard InChI is InChI=1S/C26H33N5O6S2/c1-26(2,3)31-39(34,35)21-12-16(19-13-28-24(37-5)30-22(19)36-4)8-11-18(21)20-14-27-23(38-20)15-6-9-17(10-7-15)29-25(32)33/h8,11-15,17,29,31H,6-7,9-10H2,1-5H3,(H,32,33)/t15-,17-. The third kappa shape index (κ3) is 6.84. The summed E-state index contributed by atoms with van der Waals surface area (Å²) in [6.07, 6.45) is 5.34. The molecule has 1 aliphatic carbocycles. The Bertz CT molecular complexity index is 1440. The Morgan fingerprint density at radius 2 is 1.77 bits per heavy atom. The van der Waals surface area contributed by atoms with E-state index >= 15 is 0 Å². The van der Waals surface area contributed by atoms with Crippen LogP contribution in [0.3, 0.4) is 0 Å². The Morgan fingerprint density at radius 1 is 1.05 bits per heavy atom. The van der Waals surface area contributed by atoms with Crippen molar-refractivity contribution >= 4 is 27.5 Å². The first-order valence-corrected chi connectivity index (χ1v) is 14.8. The molecule has 4 rings (SSSR count). The van der Waals surface area contributed by atoms with Crippen molar-refractivity contribution in [3.8, 4) is 33.5 Å². The normalized spacial score (nSPS) is 18.0. The molecular weight excluding hydrogens is 542 g/mol. The number of methoxy groups -OCH3 is 2. The molecule has 210 valence electrons. The first kappa shape index (κ1) is 28.7. The molecule has 0 saturated heterocycles. The predicted molar refractivity (Wildman–Crippen MR) is 148 cm³/mol. The van der Waals surface area contributed by atoms with Gasteiger partial charge < -0.3 is 19.9 Å². The van der Waals surface area contributed by atoms with E-state index in [4.69, 9.17) is 14.6 Å². The Hall–Kier alpha value is -3.29. The van der Waals surface area contributed by atoms with Crippen molar-refractivity contribution in [3.63, 3.8) is 0 Å². The summed E-state index contributed by atoms with van der Waals surface area (Å²) in [5, 5.41) is 12.5. The van der Waals surface area contributed by atoms with E-state index in [1.54, 1.807) is 45.2 Å². The van der Waals surface area contributed by atoms with Gasteiger partial charge in [-0.15, -0.1) is 11.3 Å². The fourth-order valence-corrected chi connectivity index (χ4v) is 7.49. The molecule has 1 fully saturated rings. The van der Waals surface area contributed by atoms with E-state index in [9.17, 15) is 13.2 Å². The van der Waals surface area contributed by atoms with E-state index in [-0.39, 0.29) is 28.7 Å². The van der Waals surface area contributed by atoms with Crippen molar-refractivity contribution in [1.29, 1.82) is 0 Å². The minimum atomic E-state index is -3.94. The molecule has 0 unspecified atom stereocenters. The molecule has 1 aromatic carbocycles. The number of rotatable bonds is 8. The summed E-state index contributed by atoms with van der Waals surface area (Å²) < 4.78 is 40.6. The average molecular weight is 576 g/mol. The van der Waals surface area contributed by atoms with Crippen LogP contribution in [-0.4, -0.2) is 60.4 Å². The number of carboxylic acid groups (broad SMARTS) is 1. The lowest BCUT2D eigenvalue weighted by Gasteiger charge is -2.27. The lowest BCUT2D eigenvalue weighted by atomic mass is 9.86. The zero-order valence-corrected chi connectivity index (χ0v) is 24.1. The van der Waals surface area contributed by atoms with E-state index in [1.165, 1.54) is 31.8 Å². The summed E-state index contributed by atoms with van der Waals surface area (Å²) in [5.41, 5.74) is 0.929. The number of benzene rings is 1. The lowest BCUT2D eigenvalue weighted by molar-refractivity contribution is 0.185. The fraction of sp³-hybridized carbons (Fsp3) is 0.462. The molecule has 11 nitrogen and oxygen atoms in total. The zero-order chi connectivity index (χ0) is 28.4. The second-order valence-corrected chi connectivity index (χ2v) is 13.1. The van der Waals surface area contributed by atoms with Gasteiger partial charge in [0.1, 0.15) is 0 Å². The third-order valence-electron chi connectivity index (χ3n) is 6.32. The summed E-state index contributed by atoms with van der Waals surface area (Å²) >= 11 is 1.46. The number of amides is 1. The molecule has 2 heterocycles. The van der Waals surface area contributed by atoms with Crippen molar-refractivity contribution in [1.82, 2.24) is 25.0 Å². The van der Waals surface area contributed by atoms with E-state index in [1.807, 2.05) is 0 Å². The van der Waals surface area contributed by atoms with E-state index in [2.05, 4.69) is 25.0 Å². The monoisotopic (exact) mass is 575 g/mol. The highest BCUT2D eigenvalue weighted by Crippen LogP contribution is 2.41. The highest BCUT2D eigenvalue weighted by atomic mass is 32.2. The number of thiazole rings is 1. The molecule has 13 heteroatoms. The number of nitrogens with zero attached hydrogens (tertiary/aromatic N) is 3. The number of hydrogen-bond acceptors (Lipinski definition) is 9. The SMILES string of the molecule is COc1ncc(-c2ccc(-c3cnc([C@H]4CC[C@H](NC(=O)O)CC4)s3)c(S(=O)(=O)NC(C)(C)C)c2)c(OC)n1. The van der Waals surface area contributed by atoms with Gasteiger partial charge in [-0.1, -0.05) is 12.1 Å². The molecule has 0 atom stereocenters. The van der Waals surface area contributed by atoms with Crippen LogP contribution in [0.1, 0.15) is 57.4 Å². The number of hydrogen-bond donors (Lipinski definition) is 3. The maximum Gasteiger partial charge on any atom is 0.404 e. The number of nitrogens with one attached hydrogen (secondary N) is 2. The largest absolute Gasteiger partial charge is 0.480 e. The molecule has 3 aromatic rings. The quantitative estimate of drug-likeness (QED) is 0.348. The highest BCUT2D eigenvalue weighted by Gasteiger charge is 2.29. The molecule has 0 aliphatic heterocycles. The second kappa shape index (κ2) is 11.4. The van der Waals surface area contributed by atoms with Gasteiger partial charge in [0.2, 0.25) is 15.9 Å². The Labute approximate surface area is 232 Å². The summed E-state index contributed by atoms with van der Waals surface area (Å²) in [4.78, 5) is 24.8. The minimum Gasteiger partial charge on any atom is -0.480 e. The summed E-state index contributed by atoms with van der Waals surface area (Å²) in [6, 6.07) is 5.26. The van der Waals surface area contributed by atoms with Gasteiger partial charge >= 0.3 is 12.1 Å². The maximum absolute atomic E-state index is 13.6. The average Bonchev–Trinajstić information content (AvgIpc) is 3.37. The van der Waals surface area contributed by atoms with Crippen LogP contribution < -0.4 is 19.5 Å². The number of carbonyl (C=O) groups is 1. The van der Waals surface area contributed by atoms with E-state index in [0.717, 1.165) is 35.6 Å². The van der Waals surface area contributed by atoms with Crippen LogP contribution in [0.2, 0.25) is 0 Å². The fourth-order valence-electron chi connectivity index (χ4n) is 4.64. The molecule has 0 bridgehead atoms. The van der Waals surface area contributed by atoms with Crippen LogP contribution in [0.5, 0.6) is 11.9 Å². The highest BCUT2D eigenvalue weighted by molar-refractivity contribution is 7.89. The lowest BCUT2D eigenvalue weighted by Crippen LogP contribution is -2.40. The van der Waals surface area contributed by atoms with E-state index < -0.39 is 21.7 Å². The van der Waals surface area contributed by atoms with Gasteiger partial charge in [0, 0.05) is 35.5 Å². The summed E-state index contributed by atoms with van der Waals surface area (Å²) in [5.74, 6) is 0.457. The van der Waals surface area contributed by atoms with Gasteiger partial charge in [0.05, 0.1) is 34.6 Å². The minimum absolute atomic E-state index is 0.0510. The maximum atomic E-state index is 13.6. The first-order valence-electron chi connectivity index (χ1n) is 12.5. The van der Waals surface area contributed by atoms with Crippen LogP contribution in [0.15, 0.2) is 35.5 Å². The van der Waals surface area contributed by atoms with Crippen LogP contribution >= 0.6 is 11.3 Å². The molecule has 39 heavy (non-hydrogen) atoms. The summed E-state index contributed by atoms with van der Waals surface area (Å²) in [6.45, 7) is 5.36. The molecule has 1 aliphatic rings. The van der Waals surface area contributed by atoms with Gasteiger partial charge in [-0.3, -0.25) is 0 Å². The van der Waals surface area contributed by atoms with Crippen LogP contribution in [0.4, 0.5) is 4.79 Å². The van der Waals surface area contributed by atoms with Gasteiger partial charge in [0.25, 0.3) is 0 Å². The second-order valence-electron chi connectivity index (χ2n) is 10.4. The molecule has 0 spiro atoms. The van der Waals surface area contributed by atoms with Gasteiger partial charge in [0.15, 0.2) is 0 Å². The zero-order valence-electron chi connectivity index (χ0n) is 22.5. The van der Waals surface area contributed by atoms with Crippen molar-refractivity contribution < 1.29 is 27.8 Å². The molecule has 2 aromatic heterocycles. The predicted octanol–water partition coefficient (Wildman–Crippen LogP) is 4.65. The Kier molecular flexibility index (Phi) is 8.42. The van der Waals surface area contributed by atoms with Gasteiger partial charge in [-0.05, 0) is 58.1 Å². The molecular formula is C26H33N5O6S2. The van der Waals surface area contributed by atoms with E-state index in [0.29, 0.717) is 16.7 Å². The van der Waals surface area contributed by atoms with Crippen molar-refractivity contribution in [3.05, 3.63) is 35.6 Å². The molecule has 1 amide bonds. The van der Waals surface area contributed by atoms with Crippen LogP contribution in [0, 0.1) is 0 Å².